The number of aryl methyl sites for hydroxylation is 1. The summed E-state index contributed by atoms with van der Waals surface area (Å²) in [5.74, 6) is -1.46. The van der Waals surface area contributed by atoms with Gasteiger partial charge in [-0.15, -0.1) is 4.83 Å². The second-order valence-corrected chi connectivity index (χ2v) is 10.2. The van der Waals surface area contributed by atoms with Crippen molar-refractivity contribution >= 4 is 56.3 Å². The van der Waals surface area contributed by atoms with Crippen molar-refractivity contribution in [3.63, 3.8) is 0 Å². The first kappa shape index (κ1) is 23.9. The number of amides is 1. The molecule has 1 fully saturated rings. The molecule has 0 radical (unpaired) electrons. The number of sulfonamides is 1. The lowest BCUT2D eigenvalue weighted by atomic mass is 10.1. The maximum absolute atomic E-state index is 12.9. The second-order valence-electron chi connectivity index (χ2n) is 6.82. The molecule has 0 spiro atoms. The molecule has 2 N–H and O–H groups in total. The van der Waals surface area contributed by atoms with E-state index in [9.17, 15) is 23.1 Å². The SMILES string of the molecule is CCC(Oc1ccccc1/C=C1/SC(=S)N(NS(=O)(=O)c2ccc(C)cc2)C1=O)C(=O)O. The number of aliphatic carboxylic acids is 1. The number of rotatable bonds is 8. The average molecular weight is 493 g/mol. The Kier molecular flexibility index (Phi) is 7.34. The average Bonchev–Trinajstić information content (AvgIpc) is 3.00. The zero-order valence-electron chi connectivity index (χ0n) is 17.1. The van der Waals surface area contributed by atoms with Gasteiger partial charge >= 0.3 is 5.97 Å². The Balaban J connectivity index is 1.85. The maximum Gasteiger partial charge on any atom is 0.344 e. The molecule has 1 amide bonds. The van der Waals surface area contributed by atoms with Crippen LogP contribution in [0.25, 0.3) is 6.08 Å². The van der Waals surface area contributed by atoms with E-state index in [1.165, 1.54) is 18.2 Å². The van der Waals surface area contributed by atoms with E-state index in [-0.39, 0.29) is 26.3 Å². The normalized spacial score (nSPS) is 16.4. The minimum absolute atomic E-state index is 0.000784. The molecule has 0 aromatic heterocycles. The Hall–Kier alpha value is -2.73. The number of carbonyl (C=O) groups excluding carboxylic acids is 1. The Bertz CT molecular complexity index is 1190. The second kappa shape index (κ2) is 9.82. The third-order valence-corrected chi connectivity index (χ3v) is 7.08. The molecule has 1 atom stereocenters. The van der Waals surface area contributed by atoms with Crippen LogP contribution < -0.4 is 9.57 Å². The van der Waals surface area contributed by atoms with E-state index in [1.54, 1.807) is 43.3 Å². The lowest BCUT2D eigenvalue weighted by molar-refractivity contribution is -0.145. The van der Waals surface area contributed by atoms with Crippen LogP contribution in [0.3, 0.4) is 0 Å². The van der Waals surface area contributed by atoms with Crippen molar-refractivity contribution in [2.75, 3.05) is 0 Å². The van der Waals surface area contributed by atoms with Gasteiger partial charge in [-0.1, -0.05) is 66.8 Å². The molecule has 1 aliphatic heterocycles. The Morgan fingerprint density at radius 1 is 1.25 bits per heavy atom. The first-order valence-electron chi connectivity index (χ1n) is 9.48. The zero-order valence-corrected chi connectivity index (χ0v) is 19.6. The number of nitrogens with zero attached hydrogens (tertiary/aromatic N) is 1. The number of hydrazine groups is 1. The number of hydrogen-bond acceptors (Lipinski definition) is 7. The highest BCUT2D eigenvalue weighted by atomic mass is 32.2. The number of thioether (sulfide) groups is 1. The smallest absolute Gasteiger partial charge is 0.344 e. The molecule has 1 saturated heterocycles. The van der Waals surface area contributed by atoms with Gasteiger partial charge in [0.15, 0.2) is 10.4 Å². The molecule has 2 aromatic carbocycles. The van der Waals surface area contributed by atoms with Crippen LogP contribution in [0.5, 0.6) is 5.75 Å². The van der Waals surface area contributed by atoms with Gasteiger partial charge in [0, 0.05) is 5.56 Å². The van der Waals surface area contributed by atoms with Crippen LogP contribution >= 0.6 is 24.0 Å². The highest BCUT2D eigenvalue weighted by Crippen LogP contribution is 2.34. The van der Waals surface area contributed by atoms with Gasteiger partial charge < -0.3 is 9.84 Å². The van der Waals surface area contributed by atoms with Gasteiger partial charge in [0.1, 0.15) is 5.75 Å². The van der Waals surface area contributed by atoms with Gasteiger partial charge in [-0.2, -0.15) is 0 Å². The first-order chi connectivity index (χ1) is 15.1. The molecule has 2 aromatic rings. The Labute approximate surface area is 195 Å². The summed E-state index contributed by atoms with van der Waals surface area (Å²) in [5.41, 5.74) is 1.36. The van der Waals surface area contributed by atoms with E-state index in [0.717, 1.165) is 22.3 Å². The van der Waals surface area contributed by atoms with Crippen LogP contribution in [-0.4, -0.2) is 40.8 Å². The molecule has 32 heavy (non-hydrogen) atoms. The van der Waals surface area contributed by atoms with Gasteiger partial charge in [-0.3, -0.25) is 4.79 Å². The van der Waals surface area contributed by atoms with E-state index >= 15 is 0 Å². The van der Waals surface area contributed by atoms with E-state index in [1.807, 2.05) is 6.92 Å². The first-order valence-corrected chi connectivity index (χ1v) is 12.2. The van der Waals surface area contributed by atoms with Crippen LogP contribution in [-0.2, 0) is 19.6 Å². The molecule has 0 aliphatic carbocycles. The summed E-state index contributed by atoms with van der Waals surface area (Å²) in [5, 5.41) is 10.1. The largest absolute Gasteiger partial charge is 0.479 e. The monoisotopic (exact) mass is 492 g/mol. The number of benzene rings is 2. The molecule has 1 aliphatic rings. The number of hydrogen-bond donors (Lipinski definition) is 2. The molecule has 1 heterocycles. The summed E-state index contributed by atoms with van der Waals surface area (Å²) in [6.07, 6.45) is 0.705. The predicted molar refractivity (Wildman–Crippen MR) is 125 cm³/mol. The van der Waals surface area contributed by atoms with Crippen LogP contribution in [0, 0.1) is 6.92 Å². The van der Waals surface area contributed by atoms with Crippen molar-refractivity contribution in [2.24, 2.45) is 0 Å². The third kappa shape index (κ3) is 5.36. The highest BCUT2D eigenvalue weighted by molar-refractivity contribution is 8.26. The lowest BCUT2D eigenvalue weighted by Crippen LogP contribution is -2.44. The lowest BCUT2D eigenvalue weighted by Gasteiger charge is -2.16. The topological polar surface area (TPSA) is 113 Å². The number of carboxylic acids is 1. The van der Waals surface area contributed by atoms with E-state index in [0.29, 0.717) is 5.56 Å². The van der Waals surface area contributed by atoms with Crippen molar-refractivity contribution in [3.05, 3.63) is 64.6 Å². The molecule has 1 unspecified atom stereocenters. The third-order valence-electron chi connectivity index (χ3n) is 4.46. The van der Waals surface area contributed by atoms with E-state index in [4.69, 9.17) is 17.0 Å². The van der Waals surface area contributed by atoms with Crippen molar-refractivity contribution in [1.29, 1.82) is 0 Å². The number of carboxylic acid groups (broad SMARTS) is 1. The molecular formula is C21H20N2O6S3. The van der Waals surface area contributed by atoms with Crippen LogP contribution in [0.1, 0.15) is 24.5 Å². The van der Waals surface area contributed by atoms with E-state index in [2.05, 4.69) is 4.83 Å². The number of ether oxygens (including phenoxy) is 1. The van der Waals surface area contributed by atoms with Crippen molar-refractivity contribution in [3.8, 4) is 5.75 Å². The number of para-hydroxylation sites is 1. The fourth-order valence-corrected chi connectivity index (χ4v) is 5.05. The summed E-state index contributed by atoms with van der Waals surface area (Å²) in [7, 11) is -4.02. The quantitative estimate of drug-likeness (QED) is 0.426. The number of carbonyl (C=O) groups is 2. The van der Waals surface area contributed by atoms with Gasteiger partial charge in [0.05, 0.1) is 9.80 Å². The zero-order chi connectivity index (χ0) is 23.5. The van der Waals surface area contributed by atoms with Gasteiger partial charge in [0.25, 0.3) is 15.9 Å². The van der Waals surface area contributed by atoms with Gasteiger partial charge in [-0.05, 0) is 37.6 Å². The van der Waals surface area contributed by atoms with Crippen molar-refractivity contribution in [1.82, 2.24) is 9.84 Å². The van der Waals surface area contributed by atoms with E-state index < -0.39 is 28.0 Å². The molecule has 168 valence electrons. The van der Waals surface area contributed by atoms with Crippen molar-refractivity contribution < 1.29 is 27.9 Å². The van der Waals surface area contributed by atoms with Gasteiger partial charge in [0.2, 0.25) is 0 Å². The fraction of sp³-hybridized carbons (Fsp3) is 0.190. The standard InChI is InChI=1S/C21H20N2O6S3/c1-3-16(20(25)26)29-17-7-5-4-6-14(17)12-18-19(24)23(21(30)31-18)22-32(27,28)15-10-8-13(2)9-11-15/h4-12,16,22H,3H2,1-2H3,(H,25,26)/b18-12+. The minimum Gasteiger partial charge on any atom is -0.479 e. The van der Waals surface area contributed by atoms with Crippen LogP contribution in [0.2, 0.25) is 0 Å². The molecule has 0 saturated carbocycles. The molecule has 3 rings (SSSR count). The molecule has 0 bridgehead atoms. The van der Waals surface area contributed by atoms with Crippen molar-refractivity contribution in [2.45, 2.75) is 31.3 Å². The predicted octanol–water partition coefficient (Wildman–Crippen LogP) is 3.33. The number of nitrogens with one attached hydrogen (secondary N) is 1. The van der Waals surface area contributed by atoms with Crippen LogP contribution in [0.15, 0.2) is 58.3 Å². The Morgan fingerprint density at radius 3 is 2.53 bits per heavy atom. The minimum atomic E-state index is -4.02. The highest BCUT2D eigenvalue weighted by Gasteiger charge is 2.35. The summed E-state index contributed by atoms with van der Waals surface area (Å²) < 4.78 is 30.9. The summed E-state index contributed by atoms with van der Waals surface area (Å²) in [6, 6.07) is 12.8. The van der Waals surface area contributed by atoms with Gasteiger partial charge in [-0.25, -0.2) is 18.2 Å². The maximum atomic E-state index is 12.9. The molecule has 11 heteroatoms. The summed E-state index contributed by atoms with van der Waals surface area (Å²) in [6.45, 7) is 3.52. The Morgan fingerprint density at radius 2 is 1.91 bits per heavy atom. The molecular weight excluding hydrogens is 472 g/mol. The van der Waals surface area contributed by atoms with Crippen LogP contribution in [0.4, 0.5) is 0 Å². The summed E-state index contributed by atoms with van der Waals surface area (Å²) >= 11 is 6.12. The fourth-order valence-electron chi connectivity index (χ4n) is 2.75. The number of thiocarbonyl (C=S) groups is 1. The molecule has 8 nitrogen and oxygen atoms in total. The summed E-state index contributed by atoms with van der Waals surface area (Å²) in [4.78, 5) is 26.6.